The molecule has 0 radical (unpaired) electrons. The van der Waals surface area contributed by atoms with Crippen LogP contribution in [0.5, 0.6) is 0 Å². The highest BCUT2D eigenvalue weighted by atomic mass is 32.2. The summed E-state index contributed by atoms with van der Waals surface area (Å²) < 4.78 is 23.3. The highest BCUT2D eigenvalue weighted by Gasteiger charge is 2.15. The van der Waals surface area contributed by atoms with E-state index in [0.717, 1.165) is 27.9 Å². The fraction of sp³-hybridized carbons (Fsp3) is 0.211. The molecule has 2 aromatic carbocycles. The molecule has 3 rings (SSSR count). The summed E-state index contributed by atoms with van der Waals surface area (Å²) in [5.41, 5.74) is 4.26. The van der Waals surface area contributed by atoms with Crippen molar-refractivity contribution in [3.8, 4) is 0 Å². The van der Waals surface area contributed by atoms with Crippen molar-refractivity contribution in [3.63, 3.8) is 0 Å². The predicted molar refractivity (Wildman–Crippen MR) is 111 cm³/mol. The van der Waals surface area contributed by atoms with Gasteiger partial charge in [-0.05, 0) is 56.2 Å². The monoisotopic (exact) mass is 416 g/mol. The third-order valence-corrected chi connectivity index (χ3v) is 6.24. The van der Waals surface area contributed by atoms with Crippen molar-refractivity contribution in [1.82, 2.24) is 9.97 Å². The topological polar surface area (TPSA) is 115 Å². The fourth-order valence-electron chi connectivity index (χ4n) is 2.65. The Morgan fingerprint density at radius 1 is 1.11 bits per heavy atom. The van der Waals surface area contributed by atoms with E-state index in [2.05, 4.69) is 15.3 Å². The zero-order valence-electron chi connectivity index (χ0n) is 15.7. The minimum absolute atomic E-state index is 0.0326. The van der Waals surface area contributed by atoms with Crippen LogP contribution in [-0.2, 0) is 14.8 Å². The quantitative estimate of drug-likeness (QED) is 0.618. The zero-order chi connectivity index (χ0) is 20.5. The number of amides is 1. The molecule has 9 heteroatoms. The predicted octanol–water partition coefficient (Wildman–Crippen LogP) is 2.93. The van der Waals surface area contributed by atoms with E-state index in [9.17, 15) is 13.2 Å². The second kappa shape index (κ2) is 7.86. The van der Waals surface area contributed by atoms with Crippen molar-refractivity contribution < 1.29 is 13.2 Å². The lowest BCUT2D eigenvalue weighted by molar-refractivity contribution is -0.113. The number of anilines is 1. The summed E-state index contributed by atoms with van der Waals surface area (Å²) in [6.45, 7) is 5.43. The molecule has 0 aliphatic heterocycles. The number of aryl methyl sites for hydroxylation is 2. The zero-order valence-corrected chi connectivity index (χ0v) is 17.3. The highest BCUT2D eigenvalue weighted by molar-refractivity contribution is 8.00. The summed E-state index contributed by atoms with van der Waals surface area (Å²) >= 11 is 1.28. The molecule has 0 saturated heterocycles. The summed E-state index contributed by atoms with van der Waals surface area (Å²) in [4.78, 5) is 21.5. The molecule has 0 atom stereocenters. The van der Waals surface area contributed by atoms with Gasteiger partial charge in [0.2, 0.25) is 15.9 Å². The van der Waals surface area contributed by atoms with Crippen molar-refractivity contribution in [2.24, 2.45) is 5.14 Å². The standard InChI is InChI=1S/C19H20N4O3S2/c1-11-8-14(28(20,25)26)9-17(12(11)2)22-18(24)10-27-19-13(3)21-15-6-4-5-7-16(15)23-19/h4-9H,10H2,1-3H3,(H,22,24)(H2,20,25,26). The first-order valence-electron chi connectivity index (χ1n) is 8.45. The van der Waals surface area contributed by atoms with Gasteiger partial charge in [0.1, 0.15) is 5.03 Å². The Kier molecular flexibility index (Phi) is 5.69. The normalized spacial score (nSPS) is 11.6. The van der Waals surface area contributed by atoms with E-state index < -0.39 is 10.0 Å². The third-order valence-electron chi connectivity index (χ3n) is 4.28. The maximum Gasteiger partial charge on any atom is 0.238 e. The minimum Gasteiger partial charge on any atom is -0.325 e. The number of nitrogens with zero attached hydrogens (tertiary/aromatic N) is 2. The third kappa shape index (κ3) is 4.49. The average molecular weight is 417 g/mol. The van der Waals surface area contributed by atoms with Gasteiger partial charge in [-0.3, -0.25) is 4.79 Å². The number of fused-ring (bicyclic) bond motifs is 1. The van der Waals surface area contributed by atoms with Gasteiger partial charge < -0.3 is 5.32 Å². The van der Waals surface area contributed by atoms with Gasteiger partial charge in [0.15, 0.2) is 0 Å². The SMILES string of the molecule is Cc1cc(S(N)(=O)=O)cc(NC(=O)CSc2nc3ccccc3nc2C)c1C. The summed E-state index contributed by atoms with van der Waals surface area (Å²) in [6, 6.07) is 10.4. The first-order valence-corrected chi connectivity index (χ1v) is 11.0. The molecular formula is C19H20N4O3S2. The van der Waals surface area contributed by atoms with Crippen LogP contribution in [-0.4, -0.2) is 30.0 Å². The number of sulfonamides is 1. The lowest BCUT2D eigenvalue weighted by atomic mass is 10.1. The number of carbonyl (C=O) groups excluding carboxylic acids is 1. The van der Waals surface area contributed by atoms with Gasteiger partial charge in [0.05, 0.1) is 27.4 Å². The number of para-hydroxylation sites is 2. The summed E-state index contributed by atoms with van der Waals surface area (Å²) in [5, 5.41) is 8.66. The second-order valence-corrected chi connectivity index (χ2v) is 8.92. The number of hydrogen-bond donors (Lipinski definition) is 2. The maximum absolute atomic E-state index is 12.4. The number of hydrogen-bond acceptors (Lipinski definition) is 6. The number of carbonyl (C=O) groups is 1. The smallest absolute Gasteiger partial charge is 0.238 e. The minimum atomic E-state index is -3.86. The maximum atomic E-state index is 12.4. The fourth-order valence-corrected chi connectivity index (χ4v) is 4.03. The molecule has 3 N–H and O–H groups in total. The molecule has 3 aromatic rings. The lowest BCUT2D eigenvalue weighted by Gasteiger charge is -2.13. The Balaban J connectivity index is 1.76. The van der Waals surface area contributed by atoms with Gasteiger partial charge in [-0.15, -0.1) is 0 Å². The molecule has 0 aliphatic carbocycles. The van der Waals surface area contributed by atoms with Crippen LogP contribution in [0.25, 0.3) is 11.0 Å². The molecule has 7 nitrogen and oxygen atoms in total. The Morgan fingerprint density at radius 3 is 2.39 bits per heavy atom. The molecule has 28 heavy (non-hydrogen) atoms. The van der Waals surface area contributed by atoms with Crippen LogP contribution < -0.4 is 10.5 Å². The number of nitrogens with one attached hydrogen (secondary N) is 1. The van der Waals surface area contributed by atoms with Crippen molar-refractivity contribution in [2.45, 2.75) is 30.7 Å². The Labute approximate surface area is 167 Å². The molecule has 0 fully saturated rings. The molecular weight excluding hydrogens is 396 g/mol. The molecule has 0 aliphatic rings. The average Bonchev–Trinajstić information content (AvgIpc) is 2.62. The van der Waals surface area contributed by atoms with Gasteiger partial charge in [0.25, 0.3) is 0 Å². The van der Waals surface area contributed by atoms with Crippen molar-refractivity contribution in [3.05, 3.63) is 53.2 Å². The van der Waals surface area contributed by atoms with Crippen LogP contribution in [0, 0.1) is 20.8 Å². The van der Waals surface area contributed by atoms with Gasteiger partial charge in [-0.2, -0.15) is 0 Å². The number of benzene rings is 2. The summed E-state index contributed by atoms with van der Waals surface area (Å²) in [7, 11) is -3.86. The van der Waals surface area contributed by atoms with Gasteiger partial charge in [-0.25, -0.2) is 23.5 Å². The van der Waals surface area contributed by atoms with Crippen LogP contribution >= 0.6 is 11.8 Å². The van der Waals surface area contributed by atoms with E-state index in [0.29, 0.717) is 10.7 Å². The first kappa shape index (κ1) is 20.2. The number of rotatable bonds is 5. The molecule has 0 bridgehead atoms. The van der Waals surface area contributed by atoms with E-state index in [-0.39, 0.29) is 16.6 Å². The highest BCUT2D eigenvalue weighted by Crippen LogP contribution is 2.25. The van der Waals surface area contributed by atoms with Crippen LogP contribution in [0.4, 0.5) is 5.69 Å². The molecule has 1 aromatic heterocycles. The molecule has 1 heterocycles. The Hall–Kier alpha value is -2.49. The van der Waals surface area contributed by atoms with Crippen molar-refractivity contribution >= 4 is 44.4 Å². The van der Waals surface area contributed by atoms with Crippen LogP contribution in [0.1, 0.15) is 16.8 Å². The van der Waals surface area contributed by atoms with E-state index in [1.54, 1.807) is 6.92 Å². The summed E-state index contributed by atoms with van der Waals surface area (Å²) in [5.74, 6) is -0.153. The van der Waals surface area contributed by atoms with Crippen LogP contribution in [0.2, 0.25) is 0 Å². The number of primary sulfonamides is 1. The van der Waals surface area contributed by atoms with Crippen LogP contribution in [0.3, 0.4) is 0 Å². The molecule has 146 valence electrons. The molecule has 0 saturated carbocycles. The van der Waals surface area contributed by atoms with E-state index in [1.165, 1.54) is 23.9 Å². The molecule has 0 unspecified atom stereocenters. The number of aromatic nitrogens is 2. The van der Waals surface area contributed by atoms with Crippen LogP contribution in [0.15, 0.2) is 46.3 Å². The van der Waals surface area contributed by atoms with E-state index >= 15 is 0 Å². The number of nitrogens with two attached hydrogens (primary N) is 1. The Morgan fingerprint density at radius 2 is 1.75 bits per heavy atom. The first-order chi connectivity index (χ1) is 13.1. The van der Waals surface area contributed by atoms with E-state index in [1.807, 2.05) is 38.1 Å². The number of thioether (sulfide) groups is 1. The Bertz CT molecular complexity index is 1180. The largest absolute Gasteiger partial charge is 0.325 e. The summed E-state index contributed by atoms with van der Waals surface area (Å²) in [6.07, 6.45) is 0. The van der Waals surface area contributed by atoms with Crippen molar-refractivity contribution in [1.29, 1.82) is 0 Å². The van der Waals surface area contributed by atoms with Gasteiger partial charge in [0, 0.05) is 5.69 Å². The van der Waals surface area contributed by atoms with Gasteiger partial charge in [-0.1, -0.05) is 23.9 Å². The second-order valence-electron chi connectivity index (χ2n) is 6.40. The van der Waals surface area contributed by atoms with Gasteiger partial charge >= 0.3 is 0 Å². The molecule has 1 amide bonds. The lowest BCUT2D eigenvalue weighted by Crippen LogP contribution is -2.17. The van der Waals surface area contributed by atoms with Crippen molar-refractivity contribution in [2.75, 3.05) is 11.1 Å². The molecule has 0 spiro atoms. The van der Waals surface area contributed by atoms with E-state index in [4.69, 9.17) is 5.14 Å².